The molecule has 0 aliphatic heterocycles. The molecule has 0 fully saturated rings. The van der Waals surface area contributed by atoms with Crippen molar-refractivity contribution in [1.29, 1.82) is 0 Å². The van der Waals surface area contributed by atoms with Crippen molar-refractivity contribution in [2.45, 2.75) is 38.2 Å². The number of carbonyl (C=O) groups is 1. The fraction of sp³-hybridized carbons (Fsp3) is 0.214. The Hall–Kier alpha value is -3.66. The Kier molecular flexibility index (Phi) is 5.84. The molecule has 0 bridgehead atoms. The monoisotopic (exact) mass is 422 g/mol. The molecule has 1 heterocycles. The van der Waals surface area contributed by atoms with Crippen LogP contribution in [-0.2, 0) is 19.3 Å². The Labute approximate surface area is 188 Å². The van der Waals surface area contributed by atoms with Gasteiger partial charge in [0, 0.05) is 42.8 Å². The first-order valence-electron chi connectivity index (χ1n) is 11.2. The van der Waals surface area contributed by atoms with Crippen molar-refractivity contribution in [3.63, 3.8) is 0 Å². The molecule has 1 aliphatic carbocycles. The third-order valence-corrected chi connectivity index (χ3v) is 6.12. The van der Waals surface area contributed by atoms with Crippen LogP contribution in [0.4, 0.5) is 0 Å². The molecular weight excluding hydrogens is 396 g/mol. The minimum absolute atomic E-state index is 0.186. The van der Waals surface area contributed by atoms with Crippen LogP contribution in [-0.4, -0.2) is 15.8 Å². The summed E-state index contributed by atoms with van der Waals surface area (Å²) in [4.78, 5) is 20.2. The summed E-state index contributed by atoms with van der Waals surface area (Å²) in [6.07, 6.45) is 7.23. The summed E-state index contributed by atoms with van der Waals surface area (Å²) in [5, 5.41) is 0. The molecule has 0 amide bonds. The number of rotatable bonds is 7. The summed E-state index contributed by atoms with van der Waals surface area (Å²) in [6, 6.07) is 24.6. The topological polar surface area (TPSA) is 55.0 Å². The van der Waals surface area contributed by atoms with Crippen LogP contribution in [0.2, 0.25) is 0 Å². The number of ether oxygens (including phenoxy) is 1. The number of ketones is 1. The van der Waals surface area contributed by atoms with Gasteiger partial charge in [-0.1, -0.05) is 60.7 Å². The van der Waals surface area contributed by atoms with Crippen LogP contribution in [0.5, 0.6) is 5.75 Å². The van der Waals surface area contributed by atoms with Gasteiger partial charge < -0.3 is 9.72 Å². The van der Waals surface area contributed by atoms with E-state index in [1.807, 2.05) is 42.6 Å². The number of hydrogen-bond donors (Lipinski definition) is 1. The maximum Gasteiger partial charge on any atom is 0.163 e. The van der Waals surface area contributed by atoms with E-state index in [0.717, 1.165) is 53.1 Å². The van der Waals surface area contributed by atoms with Gasteiger partial charge in [0.2, 0.25) is 0 Å². The van der Waals surface area contributed by atoms with E-state index < -0.39 is 0 Å². The molecule has 0 radical (unpaired) electrons. The molecule has 0 spiro atoms. The average Bonchev–Trinajstić information content (AvgIpc) is 3.35. The van der Waals surface area contributed by atoms with E-state index in [2.05, 4.69) is 46.4 Å². The van der Waals surface area contributed by atoms with Gasteiger partial charge >= 0.3 is 0 Å². The molecule has 4 nitrogen and oxygen atoms in total. The number of nitrogens with one attached hydrogen (secondary N) is 1. The Balaban J connectivity index is 1.55. The molecule has 3 aromatic carbocycles. The van der Waals surface area contributed by atoms with E-state index in [1.165, 1.54) is 5.56 Å². The van der Waals surface area contributed by atoms with Crippen LogP contribution in [0, 0.1) is 0 Å². The predicted octanol–water partition coefficient (Wildman–Crippen LogP) is 5.88. The van der Waals surface area contributed by atoms with E-state index in [4.69, 9.17) is 4.74 Å². The number of Topliss-reactive ketones (excluding diaryl/α,β-unsaturated/α-hetero) is 1. The lowest BCUT2D eigenvalue weighted by atomic mass is 9.85. The summed E-state index contributed by atoms with van der Waals surface area (Å²) in [7, 11) is 0. The molecule has 32 heavy (non-hydrogen) atoms. The number of benzene rings is 3. The van der Waals surface area contributed by atoms with Crippen LogP contribution in [0.3, 0.4) is 0 Å². The molecule has 0 saturated carbocycles. The predicted molar refractivity (Wildman–Crippen MR) is 125 cm³/mol. The second-order valence-electron chi connectivity index (χ2n) is 8.26. The number of H-pyrrole nitrogens is 1. The lowest BCUT2D eigenvalue weighted by Crippen LogP contribution is -2.17. The van der Waals surface area contributed by atoms with Gasteiger partial charge in [-0.05, 0) is 41.7 Å². The Bertz CT molecular complexity index is 1190. The van der Waals surface area contributed by atoms with Crippen molar-refractivity contribution in [3.8, 4) is 5.75 Å². The number of hydrogen-bond acceptors (Lipinski definition) is 3. The van der Waals surface area contributed by atoms with Crippen LogP contribution in [0.1, 0.15) is 57.4 Å². The summed E-state index contributed by atoms with van der Waals surface area (Å²) >= 11 is 0. The lowest BCUT2D eigenvalue weighted by molar-refractivity contribution is 0.0972. The molecule has 5 rings (SSSR count). The molecule has 1 aliphatic rings. The van der Waals surface area contributed by atoms with Crippen molar-refractivity contribution in [3.05, 3.63) is 119 Å². The van der Waals surface area contributed by atoms with Gasteiger partial charge in [0.25, 0.3) is 0 Å². The lowest BCUT2D eigenvalue weighted by Gasteiger charge is -2.25. The summed E-state index contributed by atoms with van der Waals surface area (Å²) in [5.41, 5.74) is 5.45. The zero-order valence-electron chi connectivity index (χ0n) is 18.0. The quantitative estimate of drug-likeness (QED) is 0.404. The van der Waals surface area contributed by atoms with Crippen LogP contribution >= 0.6 is 0 Å². The van der Waals surface area contributed by atoms with Crippen molar-refractivity contribution < 1.29 is 9.53 Å². The largest absolute Gasteiger partial charge is 0.485 e. The summed E-state index contributed by atoms with van der Waals surface area (Å²) < 4.78 is 6.71. The highest BCUT2D eigenvalue weighted by Crippen LogP contribution is 2.36. The number of fused-ring (bicyclic) bond motifs is 1. The normalized spacial score (nSPS) is 14.1. The first-order valence-corrected chi connectivity index (χ1v) is 11.2. The van der Waals surface area contributed by atoms with Crippen LogP contribution < -0.4 is 4.74 Å². The standard InChI is InChI=1S/C28H26N2O2/c31-25-13-7-12-22-23(25)14-15-26(24(22)18-20-8-3-1-4-9-20)32-27(19-28-29-16-17-30-28)21-10-5-2-6-11-21/h1-6,8-11,14-17,27H,7,12-13,18-19H2,(H,29,30)/t27-/m0/s1. The van der Waals surface area contributed by atoms with Gasteiger partial charge in [0.15, 0.2) is 5.78 Å². The molecular formula is C28H26N2O2. The molecule has 160 valence electrons. The Morgan fingerprint density at radius 2 is 1.72 bits per heavy atom. The fourth-order valence-corrected chi connectivity index (χ4v) is 4.52. The molecule has 0 unspecified atom stereocenters. The van der Waals surface area contributed by atoms with Gasteiger partial charge in [0.1, 0.15) is 17.7 Å². The molecule has 1 atom stereocenters. The fourth-order valence-electron chi connectivity index (χ4n) is 4.52. The SMILES string of the molecule is O=C1CCCc2c1ccc(O[C@@H](Cc1ncc[nH]1)c1ccccc1)c2Cc1ccccc1. The number of nitrogens with zero attached hydrogens (tertiary/aromatic N) is 1. The van der Waals surface area contributed by atoms with Gasteiger partial charge in [0.05, 0.1) is 0 Å². The zero-order chi connectivity index (χ0) is 21.8. The smallest absolute Gasteiger partial charge is 0.163 e. The maximum absolute atomic E-state index is 12.6. The molecule has 1 aromatic heterocycles. The Morgan fingerprint density at radius 3 is 2.47 bits per heavy atom. The van der Waals surface area contributed by atoms with Crippen molar-refractivity contribution in [1.82, 2.24) is 9.97 Å². The zero-order valence-corrected chi connectivity index (χ0v) is 18.0. The van der Waals surface area contributed by atoms with Gasteiger partial charge in [-0.3, -0.25) is 4.79 Å². The van der Waals surface area contributed by atoms with E-state index in [1.54, 1.807) is 6.20 Å². The van der Waals surface area contributed by atoms with Crippen LogP contribution in [0.25, 0.3) is 0 Å². The number of imidazole rings is 1. The maximum atomic E-state index is 12.6. The number of aromatic nitrogens is 2. The molecule has 0 saturated heterocycles. The highest BCUT2D eigenvalue weighted by molar-refractivity contribution is 5.99. The van der Waals surface area contributed by atoms with E-state index in [-0.39, 0.29) is 11.9 Å². The first kappa shape index (κ1) is 20.3. The van der Waals surface area contributed by atoms with Crippen molar-refractivity contribution in [2.75, 3.05) is 0 Å². The number of carbonyl (C=O) groups excluding carboxylic acids is 1. The number of aromatic amines is 1. The first-order chi connectivity index (χ1) is 15.8. The second kappa shape index (κ2) is 9.23. The van der Waals surface area contributed by atoms with Crippen molar-refractivity contribution >= 4 is 5.78 Å². The van der Waals surface area contributed by atoms with Gasteiger partial charge in [-0.2, -0.15) is 0 Å². The summed E-state index contributed by atoms with van der Waals surface area (Å²) in [5.74, 6) is 1.97. The molecule has 4 heteroatoms. The average molecular weight is 423 g/mol. The third kappa shape index (κ3) is 4.35. The summed E-state index contributed by atoms with van der Waals surface area (Å²) in [6.45, 7) is 0. The third-order valence-electron chi connectivity index (χ3n) is 6.12. The molecule has 4 aromatic rings. The molecule has 1 N–H and O–H groups in total. The minimum atomic E-state index is -0.186. The van der Waals surface area contributed by atoms with Crippen molar-refractivity contribution in [2.24, 2.45) is 0 Å². The highest BCUT2D eigenvalue weighted by atomic mass is 16.5. The van der Waals surface area contributed by atoms with Gasteiger partial charge in [-0.25, -0.2) is 4.98 Å². The second-order valence-corrected chi connectivity index (χ2v) is 8.26. The Morgan fingerprint density at radius 1 is 0.938 bits per heavy atom. The van der Waals surface area contributed by atoms with E-state index in [9.17, 15) is 4.79 Å². The van der Waals surface area contributed by atoms with Gasteiger partial charge in [-0.15, -0.1) is 0 Å². The van der Waals surface area contributed by atoms with E-state index in [0.29, 0.717) is 12.8 Å². The van der Waals surface area contributed by atoms with E-state index >= 15 is 0 Å². The highest BCUT2D eigenvalue weighted by Gasteiger charge is 2.25. The minimum Gasteiger partial charge on any atom is -0.485 e. The van der Waals surface area contributed by atoms with Crippen LogP contribution in [0.15, 0.2) is 85.2 Å².